The largest absolute Gasteiger partial charge is 0.348 e. The Hall–Kier alpha value is -0.650. The molecular formula is C15H24N2OS2. The van der Waals surface area contributed by atoms with E-state index >= 15 is 0 Å². The van der Waals surface area contributed by atoms with Gasteiger partial charge in [-0.15, -0.1) is 11.8 Å². The van der Waals surface area contributed by atoms with Gasteiger partial charge in [0, 0.05) is 4.90 Å². The van der Waals surface area contributed by atoms with Crippen molar-refractivity contribution in [2.45, 2.75) is 37.2 Å². The normalized spacial score (nSPS) is 13.8. The molecule has 0 heterocycles. The first kappa shape index (κ1) is 17.4. The van der Waals surface area contributed by atoms with Gasteiger partial charge in [-0.05, 0) is 48.8 Å². The van der Waals surface area contributed by atoms with Crippen LogP contribution in [0.5, 0.6) is 0 Å². The van der Waals surface area contributed by atoms with Gasteiger partial charge < -0.3 is 11.1 Å². The number of hydrogen-bond acceptors (Lipinski definition) is 4. The molecule has 0 saturated heterocycles. The van der Waals surface area contributed by atoms with E-state index in [9.17, 15) is 4.79 Å². The third-order valence-electron chi connectivity index (χ3n) is 3.02. The molecule has 1 aromatic carbocycles. The van der Waals surface area contributed by atoms with Crippen LogP contribution in [-0.2, 0) is 4.79 Å². The van der Waals surface area contributed by atoms with Crippen molar-refractivity contribution >= 4 is 29.4 Å². The number of benzene rings is 1. The quantitative estimate of drug-likeness (QED) is 0.724. The zero-order valence-corrected chi connectivity index (χ0v) is 14.0. The van der Waals surface area contributed by atoms with Gasteiger partial charge in [0.15, 0.2) is 0 Å². The highest BCUT2D eigenvalue weighted by Gasteiger charge is 2.16. The number of hydrogen-bond donors (Lipinski definition) is 2. The van der Waals surface area contributed by atoms with E-state index in [0.29, 0.717) is 6.42 Å². The topological polar surface area (TPSA) is 55.1 Å². The van der Waals surface area contributed by atoms with Crippen LogP contribution in [0.3, 0.4) is 0 Å². The molecule has 1 rings (SSSR count). The van der Waals surface area contributed by atoms with E-state index < -0.39 is 6.04 Å². The lowest BCUT2D eigenvalue weighted by Crippen LogP contribution is -2.41. The summed E-state index contributed by atoms with van der Waals surface area (Å²) in [5.74, 6) is 1.90. The number of carbonyl (C=O) groups excluding carboxylic acids is 1. The second-order valence-corrected chi connectivity index (χ2v) is 6.94. The van der Waals surface area contributed by atoms with Gasteiger partial charge in [0.2, 0.25) is 5.91 Å². The summed E-state index contributed by atoms with van der Waals surface area (Å²) in [6, 6.07) is 7.90. The van der Waals surface area contributed by atoms with Gasteiger partial charge in [-0.1, -0.05) is 19.1 Å². The lowest BCUT2D eigenvalue weighted by atomic mass is 10.1. The monoisotopic (exact) mass is 312 g/mol. The van der Waals surface area contributed by atoms with Gasteiger partial charge in [0.05, 0.1) is 12.1 Å². The van der Waals surface area contributed by atoms with E-state index in [1.807, 2.05) is 24.9 Å². The van der Waals surface area contributed by atoms with E-state index in [4.69, 9.17) is 5.73 Å². The van der Waals surface area contributed by atoms with Gasteiger partial charge in [0.25, 0.3) is 0 Å². The number of carbonyl (C=O) groups is 1. The second-order valence-electron chi connectivity index (χ2n) is 4.62. The predicted octanol–water partition coefficient (Wildman–Crippen LogP) is 3.06. The van der Waals surface area contributed by atoms with Crippen LogP contribution >= 0.6 is 23.5 Å². The Balaban J connectivity index is 2.52. The Bertz CT molecular complexity index is 409. The molecule has 1 unspecified atom stereocenters. The van der Waals surface area contributed by atoms with Crippen LogP contribution in [0.25, 0.3) is 0 Å². The Kier molecular flexibility index (Phi) is 8.11. The molecule has 1 amide bonds. The van der Waals surface area contributed by atoms with Crippen molar-refractivity contribution in [3.05, 3.63) is 29.8 Å². The molecule has 0 bridgehead atoms. The molecular weight excluding hydrogens is 288 g/mol. The molecule has 0 saturated carbocycles. The van der Waals surface area contributed by atoms with Gasteiger partial charge >= 0.3 is 0 Å². The minimum atomic E-state index is -0.417. The molecule has 0 aliphatic carbocycles. The number of nitrogens with one attached hydrogen (secondary N) is 1. The molecule has 0 fully saturated rings. The number of nitrogens with two attached hydrogens (primary N) is 1. The highest BCUT2D eigenvalue weighted by atomic mass is 32.2. The first-order chi connectivity index (χ1) is 9.58. The molecule has 112 valence electrons. The molecule has 0 aliphatic heterocycles. The minimum Gasteiger partial charge on any atom is -0.348 e. The van der Waals surface area contributed by atoms with E-state index in [1.165, 1.54) is 4.90 Å². The summed E-state index contributed by atoms with van der Waals surface area (Å²) in [5, 5.41) is 2.98. The fourth-order valence-corrected chi connectivity index (χ4v) is 2.95. The Labute approximate surface area is 130 Å². The molecule has 3 nitrogen and oxygen atoms in total. The first-order valence-electron chi connectivity index (χ1n) is 6.86. The minimum absolute atomic E-state index is 0.0106. The third-order valence-corrected chi connectivity index (χ3v) is 4.56. The van der Waals surface area contributed by atoms with Gasteiger partial charge in [0.1, 0.15) is 0 Å². The van der Waals surface area contributed by atoms with Crippen molar-refractivity contribution in [2.75, 3.05) is 17.8 Å². The maximum Gasteiger partial charge on any atom is 0.237 e. The van der Waals surface area contributed by atoms with E-state index in [1.54, 1.807) is 11.8 Å². The smallest absolute Gasteiger partial charge is 0.237 e. The summed E-state index contributed by atoms with van der Waals surface area (Å²) in [7, 11) is 0. The highest BCUT2D eigenvalue weighted by Crippen LogP contribution is 2.20. The summed E-state index contributed by atoms with van der Waals surface area (Å²) in [5.41, 5.74) is 6.97. The van der Waals surface area contributed by atoms with Crippen molar-refractivity contribution < 1.29 is 4.79 Å². The molecule has 3 N–H and O–H groups in total. The van der Waals surface area contributed by atoms with Gasteiger partial charge in [-0.3, -0.25) is 4.79 Å². The van der Waals surface area contributed by atoms with E-state index in [0.717, 1.165) is 17.1 Å². The average molecular weight is 313 g/mol. The van der Waals surface area contributed by atoms with Crippen LogP contribution < -0.4 is 11.1 Å². The molecule has 0 aliphatic rings. The summed E-state index contributed by atoms with van der Waals surface area (Å²) >= 11 is 3.52. The van der Waals surface area contributed by atoms with Crippen LogP contribution in [0.1, 0.15) is 31.9 Å². The number of amides is 1. The zero-order chi connectivity index (χ0) is 15.0. The molecule has 0 radical (unpaired) electrons. The van der Waals surface area contributed by atoms with Crippen LogP contribution in [0, 0.1) is 0 Å². The average Bonchev–Trinajstić information content (AvgIpc) is 2.45. The zero-order valence-electron chi connectivity index (χ0n) is 12.4. The highest BCUT2D eigenvalue weighted by molar-refractivity contribution is 7.99. The standard InChI is InChI=1S/C15H24N2OS2/c1-4-20-13-7-5-12(6-8-13)11(2)17-15(18)14(16)9-10-19-3/h5-8,11,14H,4,9-10,16H2,1-3H3,(H,17,18)/t11?,14-/m0/s1. The molecule has 0 aromatic heterocycles. The Morgan fingerprint density at radius 3 is 2.55 bits per heavy atom. The lowest BCUT2D eigenvalue weighted by molar-refractivity contribution is -0.123. The fourth-order valence-electron chi connectivity index (χ4n) is 1.80. The van der Waals surface area contributed by atoms with Crippen molar-refractivity contribution in [1.82, 2.24) is 5.32 Å². The maximum absolute atomic E-state index is 12.0. The van der Waals surface area contributed by atoms with Crippen LogP contribution in [0.2, 0.25) is 0 Å². The van der Waals surface area contributed by atoms with E-state index in [2.05, 4.69) is 36.5 Å². The molecule has 2 atom stereocenters. The summed E-state index contributed by atoms with van der Waals surface area (Å²) in [6.45, 7) is 4.12. The summed E-state index contributed by atoms with van der Waals surface area (Å²) < 4.78 is 0. The molecule has 20 heavy (non-hydrogen) atoms. The number of thioether (sulfide) groups is 2. The summed E-state index contributed by atoms with van der Waals surface area (Å²) in [4.78, 5) is 13.2. The SMILES string of the molecule is CCSc1ccc(C(C)NC(=O)[C@@H](N)CCSC)cc1. The van der Waals surface area contributed by atoms with Gasteiger partial charge in [-0.25, -0.2) is 0 Å². The number of rotatable bonds is 8. The molecule has 1 aromatic rings. The third kappa shape index (κ3) is 5.77. The fraction of sp³-hybridized carbons (Fsp3) is 0.533. The van der Waals surface area contributed by atoms with E-state index in [-0.39, 0.29) is 11.9 Å². The summed E-state index contributed by atoms with van der Waals surface area (Å²) in [6.07, 6.45) is 2.73. The van der Waals surface area contributed by atoms with Gasteiger partial charge in [-0.2, -0.15) is 11.8 Å². The van der Waals surface area contributed by atoms with Crippen LogP contribution in [0.4, 0.5) is 0 Å². The van der Waals surface area contributed by atoms with Crippen LogP contribution in [0.15, 0.2) is 29.2 Å². The molecule has 5 heteroatoms. The first-order valence-corrected chi connectivity index (χ1v) is 9.24. The Morgan fingerprint density at radius 2 is 2.00 bits per heavy atom. The Morgan fingerprint density at radius 1 is 1.35 bits per heavy atom. The lowest BCUT2D eigenvalue weighted by Gasteiger charge is -2.18. The van der Waals surface area contributed by atoms with Crippen molar-refractivity contribution in [1.29, 1.82) is 0 Å². The second kappa shape index (κ2) is 9.32. The maximum atomic E-state index is 12.0. The van der Waals surface area contributed by atoms with Crippen LogP contribution in [-0.4, -0.2) is 29.7 Å². The molecule has 0 spiro atoms. The van der Waals surface area contributed by atoms with Crippen molar-refractivity contribution in [2.24, 2.45) is 5.73 Å². The van der Waals surface area contributed by atoms with Crippen molar-refractivity contribution in [3.8, 4) is 0 Å². The van der Waals surface area contributed by atoms with Crippen molar-refractivity contribution in [3.63, 3.8) is 0 Å². The predicted molar refractivity (Wildman–Crippen MR) is 90.4 cm³/mol.